The lowest BCUT2D eigenvalue weighted by atomic mass is 9.95. The number of hydrogen-bond acceptors (Lipinski definition) is 4. The molecule has 0 aromatic carbocycles. The summed E-state index contributed by atoms with van der Waals surface area (Å²) >= 11 is 0. The lowest BCUT2D eigenvalue weighted by Crippen LogP contribution is -2.38. The van der Waals surface area contributed by atoms with E-state index in [1.807, 2.05) is 41.8 Å². The number of carbonyl (C=O) groups is 1. The Balaban J connectivity index is 1.42. The predicted octanol–water partition coefficient (Wildman–Crippen LogP) is 2.94. The van der Waals surface area contributed by atoms with Gasteiger partial charge in [0.25, 0.3) is 5.91 Å². The van der Waals surface area contributed by atoms with Crippen molar-refractivity contribution in [2.24, 2.45) is 0 Å². The van der Waals surface area contributed by atoms with Gasteiger partial charge < -0.3 is 13.9 Å². The molecular weight excluding hydrogens is 316 g/mol. The molecule has 0 spiro atoms. The second-order valence-corrected chi connectivity index (χ2v) is 6.35. The fourth-order valence-electron chi connectivity index (χ4n) is 3.41. The van der Waals surface area contributed by atoms with Crippen molar-refractivity contribution in [1.29, 1.82) is 0 Å². The van der Waals surface area contributed by atoms with Gasteiger partial charge >= 0.3 is 0 Å². The standard InChI is InChI=1S/C19H20N4O2/c24-19(17-5-12-25-14-17)22-9-3-16(4-10-22)18-21-8-11-23(18)13-15-1-6-20-7-2-15/h1-2,5-8,11-12,14,16H,3-4,9-10,13H2. The van der Waals surface area contributed by atoms with Crippen molar-refractivity contribution in [2.45, 2.75) is 25.3 Å². The summed E-state index contributed by atoms with van der Waals surface area (Å²) in [5.74, 6) is 1.53. The number of furan rings is 1. The normalized spacial score (nSPS) is 15.4. The molecule has 1 fully saturated rings. The molecule has 3 aromatic heterocycles. The second-order valence-electron chi connectivity index (χ2n) is 6.35. The Bertz CT molecular complexity index is 818. The van der Waals surface area contributed by atoms with E-state index in [2.05, 4.69) is 14.5 Å². The van der Waals surface area contributed by atoms with E-state index in [1.54, 1.807) is 6.07 Å². The third kappa shape index (κ3) is 3.33. The Labute approximate surface area is 146 Å². The van der Waals surface area contributed by atoms with Crippen LogP contribution in [0.3, 0.4) is 0 Å². The average molecular weight is 336 g/mol. The van der Waals surface area contributed by atoms with Crippen LogP contribution in [0.25, 0.3) is 0 Å². The summed E-state index contributed by atoms with van der Waals surface area (Å²) in [5, 5.41) is 0. The van der Waals surface area contributed by atoms with Gasteiger partial charge in [-0.05, 0) is 36.6 Å². The van der Waals surface area contributed by atoms with Crippen molar-refractivity contribution >= 4 is 5.91 Å². The van der Waals surface area contributed by atoms with Crippen LogP contribution in [0, 0.1) is 0 Å². The second kappa shape index (κ2) is 6.93. The van der Waals surface area contributed by atoms with Crippen molar-refractivity contribution in [1.82, 2.24) is 19.4 Å². The third-order valence-electron chi connectivity index (χ3n) is 4.77. The summed E-state index contributed by atoms with van der Waals surface area (Å²) in [7, 11) is 0. The topological polar surface area (TPSA) is 64.2 Å². The van der Waals surface area contributed by atoms with Crippen LogP contribution in [-0.4, -0.2) is 38.4 Å². The first-order valence-corrected chi connectivity index (χ1v) is 8.52. The van der Waals surface area contributed by atoms with Gasteiger partial charge in [0.2, 0.25) is 0 Å². The van der Waals surface area contributed by atoms with Crippen LogP contribution in [0.15, 0.2) is 59.9 Å². The molecule has 6 heteroatoms. The van der Waals surface area contributed by atoms with Crippen molar-refractivity contribution in [3.63, 3.8) is 0 Å². The minimum Gasteiger partial charge on any atom is -0.472 e. The maximum Gasteiger partial charge on any atom is 0.257 e. The van der Waals surface area contributed by atoms with E-state index in [-0.39, 0.29) is 5.91 Å². The molecular formula is C19H20N4O2. The van der Waals surface area contributed by atoms with E-state index in [1.165, 1.54) is 18.1 Å². The Hall–Kier alpha value is -2.89. The molecule has 4 heterocycles. The number of nitrogens with zero attached hydrogens (tertiary/aromatic N) is 4. The maximum absolute atomic E-state index is 12.4. The molecule has 0 N–H and O–H groups in total. The van der Waals surface area contributed by atoms with E-state index >= 15 is 0 Å². The van der Waals surface area contributed by atoms with Crippen molar-refractivity contribution in [2.75, 3.05) is 13.1 Å². The first-order chi connectivity index (χ1) is 12.3. The first-order valence-electron chi connectivity index (χ1n) is 8.52. The summed E-state index contributed by atoms with van der Waals surface area (Å²) in [5.41, 5.74) is 1.83. The van der Waals surface area contributed by atoms with Gasteiger partial charge in [-0.2, -0.15) is 0 Å². The zero-order chi connectivity index (χ0) is 17.1. The summed E-state index contributed by atoms with van der Waals surface area (Å²) in [6.45, 7) is 2.29. The highest BCUT2D eigenvalue weighted by Crippen LogP contribution is 2.28. The molecule has 0 bridgehead atoms. The summed E-state index contributed by atoms with van der Waals surface area (Å²) in [6, 6.07) is 5.77. The number of hydrogen-bond donors (Lipinski definition) is 0. The molecule has 0 saturated carbocycles. The van der Waals surface area contributed by atoms with Crippen molar-refractivity contribution in [3.8, 4) is 0 Å². The largest absolute Gasteiger partial charge is 0.472 e. The van der Waals surface area contributed by atoms with Crippen LogP contribution in [-0.2, 0) is 6.54 Å². The third-order valence-corrected chi connectivity index (χ3v) is 4.77. The van der Waals surface area contributed by atoms with Crippen LogP contribution in [0.5, 0.6) is 0 Å². The Morgan fingerprint density at radius 2 is 1.96 bits per heavy atom. The van der Waals surface area contributed by atoms with Crippen LogP contribution in [0.4, 0.5) is 0 Å². The molecule has 4 rings (SSSR count). The zero-order valence-corrected chi connectivity index (χ0v) is 13.9. The number of piperidine rings is 1. The fourth-order valence-corrected chi connectivity index (χ4v) is 3.41. The Morgan fingerprint density at radius 1 is 1.16 bits per heavy atom. The highest BCUT2D eigenvalue weighted by Gasteiger charge is 2.27. The SMILES string of the molecule is O=C(c1ccoc1)N1CCC(c2nccn2Cc2ccncc2)CC1. The van der Waals surface area contributed by atoms with Gasteiger partial charge in [0, 0.05) is 50.3 Å². The molecule has 1 amide bonds. The minimum absolute atomic E-state index is 0.0485. The molecule has 1 aliphatic heterocycles. The smallest absolute Gasteiger partial charge is 0.257 e. The number of likely N-dealkylation sites (tertiary alicyclic amines) is 1. The van der Waals surface area contributed by atoms with E-state index in [0.717, 1.165) is 38.3 Å². The number of rotatable bonds is 4. The van der Waals surface area contributed by atoms with Crippen molar-refractivity contribution in [3.05, 3.63) is 72.5 Å². The predicted molar refractivity (Wildman–Crippen MR) is 92.2 cm³/mol. The number of aromatic nitrogens is 3. The molecule has 128 valence electrons. The Morgan fingerprint density at radius 3 is 2.68 bits per heavy atom. The minimum atomic E-state index is 0.0485. The molecule has 0 aliphatic carbocycles. The van der Waals surface area contributed by atoms with Crippen molar-refractivity contribution < 1.29 is 9.21 Å². The number of imidazole rings is 1. The maximum atomic E-state index is 12.4. The lowest BCUT2D eigenvalue weighted by molar-refractivity contribution is 0.0709. The number of carbonyl (C=O) groups excluding carboxylic acids is 1. The number of amides is 1. The summed E-state index contributed by atoms with van der Waals surface area (Å²) in [4.78, 5) is 23.0. The molecule has 1 saturated heterocycles. The molecule has 0 atom stereocenters. The monoisotopic (exact) mass is 336 g/mol. The fraction of sp³-hybridized carbons (Fsp3) is 0.316. The van der Waals surface area contributed by atoms with Gasteiger partial charge in [0.1, 0.15) is 12.1 Å². The van der Waals surface area contributed by atoms with E-state index in [0.29, 0.717) is 11.5 Å². The molecule has 6 nitrogen and oxygen atoms in total. The molecule has 0 radical (unpaired) electrons. The molecule has 1 aliphatic rings. The average Bonchev–Trinajstić information content (AvgIpc) is 3.34. The van der Waals surface area contributed by atoms with E-state index in [4.69, 9.17) is 4.42 Å². The summed E-state index contributed by atoms with van der Waals surface area (Å²) < 4.78 is 7.22. The van der Waals surface area contributed by atoms with Gasteiger partial charge in [-0.1, -0.05) is 0 Å². The van der Waals surface area contributed by atoms with E-state index in [9.17, 15) is 4.79 Å². The van der Waals surface area contributed by atoms with Crippen LogP contribution in [0.1, 0.15) is 40.5 Å². The van der Waals surface area contributed by atoms with Gasteiger partial charge in [-0.3, -0.25) is 9.78 Å². The summed E-state index contributed by atoms with van der Waals surface area (Å²) in [6.07, 6.45) is 12.4. The number of pyridine rings is 1. The quantitative estimate of drug-likeness (QED) is 0.735. The zero-order valence-electron chi connectivity index (χ0n) is 13.9. The molecule has 3 aromatic rings. The van der Waals surface area contributed by atoms with E-state index < -0.39 is 0 Å². The van der Waals surface area contributed by atoms with Gasteiger partial charge in [0.05, 0.1) is 11.8 Å². The molecule has 25 heavy (non-hydrogen) atoms. The first kappa shape index (κ1) is 15.6. The highest BCUT2D eigenvalue weighted by atomic mass is 16.3. The van der Waals surface area contributed by atoms with Crippen LogP contribution in [0.2, 0.25) is 0 Å². The lowest BCUT2D eigenvalue weighted by Gasteiger charge is -2.31. The Kier molecular flexibility index (Phi) is 4.33. The van der Waals surface area contributed by atoms with Crippen LogP contribution < -0.4 is 0 Å². The van der Waals surface area contributed by atoms with Gasteiger partial charge in [-0.15, -0.1) is 0 Å². The van der Waals surface area contributed by atoms with Gasteiger partial charge in [-0.25, -0.2) is 4.98 Å². The highest BCUT2D eigenvalue weighted by molar-refractivity contribution is 5.93. The van der Waals surface area contributed by atoms with Gasteiger partial charge in [0.15, 0.2) is 0 Å². The van der Waals surface area contributed by atoms with Crippen LogP contribution >= 0.6 is 0 Å². The molecule has 0 unspecified atom stereocenters.